The zero-order valence-electron chi connectivity index (χ0n) is 16.0. The summed E-state index contributed by atoms with van der Waals surface area (Å²) >= 11 is 0. The summed E-state index contributed by atoms with van der Waals surface area (Å²) in [6.07, 6.45) is 0.212. The van der Waals surface area contributed by atoms with Crippen molar-refractivity contribution in [1.82, 2.24) is 10.2 Å². The molecule has 1 N–H and O–H groups in total. The van der Waals surface area contributed by atoms with E-state index in [0.717, 1.165) is 11.1 Å². The van der Waals surface area contributed by atoms with Crippen LogP contribution >= 0.6 is 0 Å². The lowest BCUT2D eigenvalue weighted by atomic mass is 10.0. The van der Waals surface area contributed by atoms with Gasteiger partial charge in [0.1, 0.15) is 18.0 Å². The monoisotopic (exact) mass is 362 g/mol. The van der Waals surface area contributed by atoms with Gasteiger partial charge in [0.2, 0.25) is 0 Å². The number of hydrogen-bond acceptors (Lipinski definition) is 4. The number of nitrogens with zero attached hydrogens (tertiary/aromatic N) is 1. The van der Waals surface area contributed by atoms with Crippen LogP contribution in [0, 0.1) is 11.7 Å². The van der Waals surface area contributed by atoms with Gasteiger partial charge in [-0.25, -0.2) is 4.39 Å². The first kappa shape index (κ1) is 20.1. The van der Waals surface area contributed by atoms with E-state index in [9.17, 15) is 14.0 Å². The van der Waals surface area contributed by atoms with Gasteiger partial charge >= 0.3 is 5.97 Å². The molecule has 26 heavy (non-hydrogen) atoms. The van der Waals surface area contributed by atoms with Gasteiger partial charge in [-0.05, 0) is 49.5 Å². The Kier molecular flexibility index (Phi) is 6.53. The molecule has 2 atom stereocenters. The fraction of sp³-hybridized carbons (Fsp3) is 0.500. The minimum atomic E-state index is -0.505. The van der Waals surface area contributed by atoms with Crippen LogP contribution < -0.4 is 5.32 Å². The number of rotatable bonds is 7. The largest absolute Gasteiger partial charge is 0.468 e. The van der Waals surface area contributed by atoms with Gasteiger partial charge in [-0.1, -0.05) is 26.0 Å². The van der Waals surface area contributed by atoms with Gasteiger partial charge in [0.15, 0.2) is 0 Å². The third-order valence-corrected chi connectivity index (χ3v) is 4.71. The van der Waals surface area contributed by atoms with Crippen LogP contribution in [0.3, 0.4) is 0 Å². The highest BCUT2D eigenvalue weighted by Gasteiger charge is 2.37. The average Bonchev–Trinajstić information content (AvgIpc) is 2.80. The lowest BCUT2D eigenvalue weighted by Crippen LogP contribution is -2.52. The van der Waals surface area contributed by atoms with Gasteiger partial charge in [0, 0.05) is 12.1 Å². The fourth-order valence-electron chi connectivity index (χ4n) is 3.14. The van der Waals surface area contributed by atoms with E-state index in [-0.39, 0.29) is 17.7 Å². The maximum Gasteiger partial charge on any atom is 0.322 e. The van der Waals surface area contributed by atoms with Crippen molar-refractivity contribution >= 4 is 11.9 Å². The molecule has 0 bridgehead atoms. The van der Waals surface area contributed by atoms with Gasteiger partial charge in [-0.15, -0.1) is 0 Å². The van der Waals surface area contributed by atoms with E-state index in [1.165, 1.54) is 19.2 Å². The average molecular weight is 362 g/mol. The predicted octanol–water partition coefficient (Wildman–Crippen LogP) is 3.01. The molecule has 0 saturated heterocycles. The lowest BCUT2D eigenvalue weighted by Gasteiger charge is -2.31. The first-order valence-corrected chi connectivity index (χ1v) is 8.81. The second-order valence-corrected chi connectivity index (χ2v) is 7.14. The van der Waals surface area contributed by atoms with E-state index in [0.29, 0.717) is 24.5 Å². The van der Waals surface area contributed by atoms with Gasteiger partial charge in [0.25, 0.3) is 5.91 Å². The molecule has 0 fully saturated rings. The van der Waals surface area contributed by atoms with Crippen molar-refractivity contribution in [2.45, 2.75) is 52.9 Å². The number of methoxy groups -OCH3 is 1. The standard InChI is InChI=1S/C20H27FN2O3/c1-12(2)10-17(20(25)26-5)22-18-13(3)14(4)19(24)23(18)11-15-6-8-16(21)9-7-15/h6-9,12,17-18,22H,10-11H2,1-5H3. The van der Waals surface area contributed by atoms with E-state index < -0.39 is 12.2 Å². The van der Waals surface area contributed by atoms with Gasteiger partial charge in [0.05, 0.1) is 7.11 Å². The lowest BCUT2D eigenvalue weighted by molar-refractivity contribution is -0.144. The summed E-state index contributed by atoms with van der Waals surface area (Å²) in [4.78, 5) is 26.5. The summed E-state index contributed by atoms with van der Waals surface area (Å²) in [7, 11) is 1.36. The number of esters is 1. The molecule has 0 saturated carbocycles. The Morgan fingerprint density at radius 3 is 2.42 bits per heavy atom. The molecule has 1 aromatic carbocycles. The summed E-state index contributed by atoms with van der Waals surface area (Å²) in [6.45, 7) is 8.07. The highest BCUT2D eigenvalue weighted by molar-refractivity contribution is 5.97. The topological polar surface area (TPSA) is 58.6 Å². The SMILES string of the molecule is COC(=O)C(CC(C)C)NC1C(C)=C(C)C(=O)N1Cc1ccc(F)cc1. The number of halogens is 1. The van der Waals surface area contributed by atoms with Crippen molar-refractivity contribution in [3.8, 4) is 0 Å². The van der Waals surface area contributed by atoms with Crippen LogP contribution in [0.4, 0.5) is 4.39 Å². The molecule has 6 heteroatoms. The summed E-state index contributed by atoms with van der Waals surface area (Å²) in [5.41, 5.74) is 2.38. The summed E-state index contributed by atoms with van der Waals surface area (Å²) in [5, 5.41) is 3.29. The van der Waals surface area contributed by atoms with E-state index >= 15 is 0 Å². The second kappa shape index (κ2) is 8.45. The Morgan fingerprint density at radius 1 is 1.27 bits per heavy atom. The minimum absolute atomic E-state index is 0.0857. The van der Waals surface area contributed by atoms with Crippen molar-refractivity contribution in [2.75, 3.05) is 7.11 Å². The molecule has 2 rings (SSSR count). The molecule has 0 aliphatic carbocycles. The number of carbonyl (C=O) groups excluding carboxylic acids is 2. The summed E-state index contributed by atoms with van der Waals surface area (Å²) in [6, 6.07) is 5.57. The molecule has 1 aliphatic heterocycles. The number of nitrogens with one attached hydrogen (secondary N) is 1. The Balaban J connectivity index is 2.24. The Labute approximate surface area is 154 Å². The van der Waals surface area contributed by atoms with Crippen LogP contribution in [0.1, 0.15) is 39.7 Å². The molecule has 0 radical (unpaired) electrons. The summed E-state index contributed by atoms with van der Waals surface area (Å²) < 4.78 is 18.1. The van der Waals surface area contributed by atoms with Crippen LogP contribution in [-0.2, 0) is 20.9 Å². The van der Waals surface area contributed by atoms with Crippen LogP contribution in [0.25, 0.3) is 0 Å². The van der Waals surface area contributed by atoms with Crippen LogP contribution in [0.15, 0.2) is 35.4 Å². The fourth-order valence-corrected chi connectivity index (χ4v) is 3.14. The van der Waals surface area contributed by atoms with Crippen LogP contribution in [0.5, 0.6) is 0 Å². The quantitative estimate of drug-likeness (QED) is 0.758. The summed E-state index contributed by atoms with van der Waals surface area (Å²) in [5.74, 6) is -0.452. The van der Waals surface area contributed by atoms with Gasteiger partial charge in [-0.2, -0.15) is 0 Å². The first-order valence-electron chi connectivity index (χ1n) is 8.81. The first-order chi connectivity index (χ1) is 12.2. The van der Waals surface area contributed by atoms with E-state index in [2.05, 4.69) is 5.32 Å². The van der Waals surface area contributed by atoms with E-state index in [1.807, 2.05) is 20.8 Å². The molecular formula is C20H27FN2O3. The predicted molar refractivity (Wildman–Crippen MR) is 97.5 cm³/mol. The minimum Gasteiger partial charge on any atom is -0.468 e. The van der Waals surface area contributed by atoms with E-state index in [1.54, 1.807) is 24.0 Å². The highest BCUT2D eigenvalue weighted by atomic mass is 19.1. The maximum atomic E-state index is 13.1. The molecular weight excluding hydrogens is 335 g/mol. The molecule has 0 aromatic heterocycles. The van der Waals surface area contributed by atoms with Gasteiger partial charge in [-0.3, -0.25) is 14.9 Å². The molecule has 142 valence electrons. The Bertz CT molecular complexity index is 698. The molecule has 1 heterocycles. The number of carbonyl (C=O) groups is 2. The van der Waals surface area contributed by atoms with Crippen molar-refractivity contribution in [1.29, 1.82) is 0 Å². The smallest absolute Gasteiger partial charge is 0.322 e. The molecule has 2 unspecified atom stereocenters. The number of hydrogen-bond donors (Lipinski definition) is 1. The van der Waals surface area contributed by atoms with Gasteiger partial charge < -0.3 is 9.64 Å². The number of benzene rings is 1. The van der Waals surface area contributed by atoms with Crippen molar-refractivity contribution in [3.05, 3.63) is 46.8 Å². The van der Waals surface area contributed by atoms with Crippen molar-refractivity contribution < 1.29 is 18.7 Å². The molecule has 1 amide bonds. The Hall–Kier alpha value is -2.21. The normalized spacial score (nSPS) is 18.7. The van der Waals surface area contributed by atoms with E-state index in [4.69, 9.17) is 4.74 Å². The molecule has 1 aliphatic rings. The molecule has 0 spiro atoms. The zero-order valence-corrected chi connectivity index (χ0v) is 16.0. The molecule has 1 aromatic rings. The van der Waals surface area contributed by atoms with Crippen LogP contribution in [0.2, 0.25) is 0 Å². The Morgan fingerprint density at radius 2 is 1.88 bits per heavy atom. The van der Waals surface area contributed by atoms with Crippen LogP contribution in [-0.4, -0.2) is 36.1 Å². The zero-order chi connectivity index (χ0) is 19.4. The third-order valence-electron chi connectivity index (χ3n) is 4.71. The maximum absolute atomic E-state index is 13.1. The second-order valence-electron chi connectivity index (χ2n) is 7.14. The van der Waals surface area contributed by atoms with Crippen molar-refractivity contribution in [3.63, 3.8) is 0 Å². The third kappa shape index (κ3) is 4.49. The molecule has 5 nitrogen and oxygen atoms in total. The highest BCUT2D eigenvalue weighted by Crippen LogP contribution is 2.27. The van der Waals surface area contributed by atoms with Crippen molar-refractivity contribution in [2.24, 2.45) is 5.92 Å². The number of ether oxygens (including phenoxy) is 1. The number of amides is 1.